The second-order valence-electron chi connectivity index (χ2n) is 17.7. The fourth-order valence-electron chi connectivity index (χ4n) is 7.09. The number of phosphoric acid groups is 1. The highest BCUT2D eigenvalue weighted by atomic mass is 31.2. The Balaban J connectivity index is 4.80. The van der Waals surface area contributed by atoms with Gasteiger partial charge in [0.05, 0.1) is 19.8 Å². The average molecular weight is 977 g/mol. The molecule has 0 rings (SSSR count). The van der Waals surface area contributed by atoms with Crippen LogP contribution < -0.4 is 0 Å². The van der Waals surface area contributed by atoms with Gasteiger partial charge in [0.2, 0.25) is 0 Å². The van der Waals surface area contributed by atoms with Crippen LogP contribution >= 0.6 is 7.82 Å². The lowest BCUT2D eigenvalue weighted by Gasteiger charge is -2.21. The molecule has 0 bridgehead atoms. The van der Waals surface area contributed by atoms with E-state index < -0.39 is 57.8 Å². The highest BCUT2D eigenvalue weighted by Crippen LogP contribution is 2.43. The van der Waals surface area contributed by atoms with Crippen molar-refractivity contribution in [3.05, 3.63) is 72.9 Å². The number of hydrogen-bond acceptors (Lipinski definition) is 10. The van der Waals surface area contributed by atoms with E-state index in [4.69, 9.17) is 23.3 Å². The molecule has 68 heavy (non-hydrogen) atoms. The number of esters is 3. The predicted molar refractivity (Wildman–Crippen MR) is 279 cm³/mol. The summed E-state index contributed by atoms with van der Waals surface area (Å²) in [5.41, 5.74) is 0. The first-order valence-electron chi connectivity index (χ1n) is 26.8. The molecule has 0 aromatic heterocycles. The predicted octanol–water partition coefficient (Wildman–Crippen LogP) is 15.4. The summed E-state index contributed by atoms with van der Waals surface area (Å²) in [5.74, 6) is -1.56. The van der Waals surface area contributed by atoms with Gasteiger partial charge in [0, 0.05) is 19.3 Å². The molecule has 0 aliphatic heterocycles. The van der Waals surface area contributed by atoms with Gasteiger partial charge in [0.25, 0.3) is 0 Å². The standard InChI is InChI=1S/C56H97O11P/c1-4-7-10-13-16-19-22-23-24-25-26-27-28-29-32-33-36-39-42-45-54(58)63-49-53(67-56(60)47-44-41-38-35-31-21-18-15-12-9-6-3)51-65-68(61,62)64-50-52(48-57)66-55(59)46-43-40-37-34-30-20-17-14-11-8-5-2/h7,10,16,19,23-24,26-27,29,32,36,39,52-53,57H,4-6,8-9,11-15,17-18,20-22,25,28,30-31,33-35,37-38,40-51H2,1-3H3,(H,61,62)/b10-7-,19-16-,24-23-,27-26-,32-29-,39-36-. The number of aliphatic hydroxyl groups excluding tert-OH is 1. The van der Waals surface area contributed by atoms with Crippen LogP contribution in [0.3, 0.4) is 0 Å². The average Bonchev–Trinajstić information content (AvgIpc) is 3.32. The van der Waals surface area contributed by atoms with Crippen LogP contribution in [0.15, 0.2) is 72.9 Å². The van der Waals surface area contributed by atoms with Gasteiger partial charge in [-0.3, -0.25) is 23.4 Å². The van der Waals surface area contributed by atoms with E-state index in [1.807, 2.05) is 12.2 Å². The van der Waals surface area contributed by atoms with Crippen LogP contribution in [0.25, 0.3) is 0 Å². The maximum atomic E-state index is 12.8. The van der Waals surface area contributed by atoms with Crippen molar-refractivity contribution in [2.45, 2.75) is 238 Å². The fourth-order valence-corrected chi connectivity index (χ4v) is 7.87. The van der Waals surface area contributed by atoms with Gasteiger partial charge in [-0.2, -0.15) is 0 Å². The van der Waals surface area contributed by atoms with Gasteiger partial charge in [-0.1, -0.05) is 222 Å². The van der Waals surface area contributed by atoms with Gasteiger partial charge >= 0.3 is 25.7 Å². The number of unbranched alkanes of at least 4 members (excludes halogenated alkanes) is 20. The number of carbonyl (C=O) groups excluding carboxylic acids is 3. The molecule has 0 saturated carbocycles. The van der Waals surface area contributed by atoms with Crippen LogP contribution in [-0.2, 0) is 42.2 Å². The van der Waals surface area contributed by atoms with Gasteiger partial charge in [0.15, 0.2) is 6.10 Å². The van der Waals surface area contributed by atoms with E-state index >= 15 is 0 Å². The summed E-state index contributed by atoms with van der Waals surface area (Å²) in [7, 11) is -4.75. The quantitative estimate of drug-likeness (QED) is 0.0197. The minimum Gasteiger partial charge on any atom is -0.462 e. The molecule has 0 aromatic rings. The number of hydrogen-bond donors (Lipinski definition) is 2. The SMILES string of the molecule is CC/C=C\C/C=C\C/C=C\C/C=C\C/C=C\C/C=C\CCC(=O)OCC(COP(=O)(O)OCC(CO)OC(=O)CCCCCCCCCCCCC)OC(=O)CCCCCCCCCCCCC. The first-order chi connectivity index (χ1) is 33.2. The van der Waals surface area contributed by atoms with Crippen molar-refractivity contribution in [3.8, 4) is 0 Å². The third-order valence-electron chi connectivity index (χ3n) is 11.2. The van der Waals surface area contributed by atoms with E-state index in [0.29, 0.717) is 19.3 Å². The van der Waals surface area contributed by atoms with Crippen molar-refractivity contribution in [1.82, 2.24) is 0 Å². The first kappa shape index (κ1) is 64.9. The van der Waals surface area contributed by atoms with Crippen molar-refractivity contribution in [2.75, 3.05) is 26.4 Å². The van der Waals surface area contributed by atoms with Gasteiger partial charge in [-0.15, -0.1) is 0 Å². The van der Waals surface area contributed by atoms with Crippen LogP contribution in [0.1, 0.15) is 226 Å². The van der Waals surface area contributed by atoms with Crippen molar-refractivity contribution >= 4 is 25.7 Å². The van der Waals surface area contributed by atoms with Crippen molar-refractivity contribution < 1.29 is 52.2 Å². The maximum absolute atomic E-state index is 12.8. The lowest BCUT2D eigenvalue weighted by atomic mass is 10.1. The fraction of sp³-hybridized carbons (Fsp3) is 0.732. The Hall–Kier alpha value is -3.08. The molecular weight excluding hydrogens is 880 g/mol. The molecule has 3 atom stereocenters. The van der Waals surface area contributed by atoms with Gasteiger partial charge in [-0.05, 0) is 57.8 Å². The van der Waals surface area contributed by atoms with E-state index in [1.54, 1.807) is 0 Å². The summed E-state index contributed by atoms with van der Waals surface area (Å²) in [6.07, 6.45) is 54.6. The molecule has 0 aliphatic carbocycles. The van der Waals surface area contributed by atoms with Crippen LogP contribution in [0.4, 0.5) is 0 Å². The van der Waals surface area contributed by atoms with Crippen molar-refractivity contribution in [2.24, 2.45) is 0 Å². The normalized spacial score (nSPS) is 14.0. The molecule has 0 spiro atoms. The molecule has 0 amide bonds. The molecule has 12 heteroatoms. The Morgan fingerprint density at radius 1 is 0.426 bits per heavy atom. The molecule has 0 radical (unpaired) electrons. The molecule has 392 valence electrons. The number of ether oxygens (including phenoxy) is 3. The van der Waals surface area contributed by atoms with E-state index in [-0.39, 0.29) is 25.9 Å². The molecule has 0 heterocycles. The Bertz CT molecular complexity index is 1420. The topological polar surface area (TPSA) is 155 Å². The van der Waals surface area contributed by atoms with Crippen LogP contribution in [-0.4, -0.2) is 66.5 Å². The Morgan fingerprint density at radius 3 is 1.15 bits per heavy atom. The summed E-state index contributed by atoms with van der Waals surface area (Å²) in [5, 5.41) is 9.76. The smallest absolute Gasteiger partial charge is 0.462 e. The zero-order valence-electron chi connectivity index (χ0n) is 43.1. The molecule has 0 aliphatic rings. The Labute approximate surface area is 414 Å². The number of rotatable bonds is 49. The van der Waals surface area contributed by atoms with Crippen LogP contribution in [0.5, 0.6) is 0 Å². The lowest BCUT2D eigenvalue weighted by molar-refractivity contribution is -0.161. The number of phosphoric ester groups is 1. The highest BCUT2D eigenvalue weighted by Gasteiger charge is 2.28. The molecule has 0 fully saturated rings. The van der Waals surface area contributed by atoms with Crippen molar-refractivity contribution in [3.63, 3.8) is 0 Å². The number of allylic oxidation sites excluding steroid dienone is 12. The Kier molecular flexibility index (Phi) is 48.0. The molecule has 2 N–H and O–H groups in total. The van der Waals surface area contributed by atoms with Crippen LogP contribution in [0, 0.1) is 0 Å². The van der Waals surface area contributed by atoms with Gasteiger partial charge in [-0.25, -0.2) is 4.57 Å². The van der Waals surface area contributed by atoms with Gasteiger partial charge < -0.3 is 24.2 Å². The summed E-state index contributed by atoms with van der Waals surface area (Å²) >= 11 is 0. The first-order valence-corrected chi connectivity index (χ1v) is 28.3. The zero-order chi connectivity index (χ0) is 49.9. The molecule has 11 nitrogen and oxygen atoms in total. The van der Waals surface area contributed by atoms with Crippen LogP contribution in [0.2, 0.25) is 0 Å². The maximum Gasteiger partial charge on any atom is 0.472 e. The van der Waals surface area contributed by atoms with E-state index in [0.717, 1.165) is 77.0 Å². The second kappa shape index (κ2) is 50.3. The zero-order valence-corrected chi connectivity index (χ0v) is 43.9. The number of aliphatic hydroxyl groups is 1. The summed E-state index contributed by atoms with van der Waals surface area (Å²) in [6.45, 7) is 4.42. The van der Waals surface area contributed by atoms with E-state index in [9.17, 15) is 28.9 Å². The monoisotopic (exact) mass is 977 g/mol. The molecular formula is C56H97O11P. The third kappa shape index (κ3) is 48.0. The minimum atomic E-state index is -4.75. The van der Waals surface area contributed by atoms with E-state index in [2.05, 4.69) is 81.5 Å². The Morgan fingerprint density at radius 2 is 0.765 bits per heavy atom. The minimum absolute atomic E-state index is 0.102. The molecule has 0 aromatic carbocycles. The molecule has 0 saturated heterocycles. The highest BCUT2D eigenvalue weighted by molar-refractivity contribution is 7.47. The van der Waals surface area contributed by atoms with Gasteiger partial charge in [0.1, 0.15) is 12.7 Å². The van der Waals surface area contributed by atoms with E-state index in [1.165, 1.54) is 89.9 Å². The summed E-state index contributed by atoms with van der Waals surface area (Å²) in [6, 6.07) is 0. The third-order valence-corrected chi connectivity index (χ3v) is 12.1. The lowest BCUT2D eigenvalue weighted by Crippen LogP contribution is -2.30. The summed E-state index contributed by atoms with van der Waals surface area (Å²) < 4.78 is 39.3. The number of carbonyl (C=O) groups is 3. The second-order valence-corrected chi connectivity index (χ2v) is 19.1. The largest absolute Gasteiger partial charge is 0.472 e. The summed E-state index contributed by atoms with van der Waals surface area (Å²) in [4.78, 5) is 48.3. The molecule has 3 unspecified atom stereocenters. The van der Waals surface area contributed by atoms with Crippen molar-refractivity contribution in [1.29, 1.82) is 0 Å².